The summed E-state index contributed by atoms with van der Waals surface area (Å²) in [7, 11) is 0. The predicted molar refractivity (Wildman–Crippen MR) is 189 cm³/mol. The minimum Gasteiger partial charge on any atom is -0.504 e. The number of carbonyl (C=O) groups is 3. The first-order valence-corrected chi connectivity index (χ1v) is 15.9. The SMILES string of the molecule is O=C(/C=C/c1ccc(O)c(O)c1)N[C@@H](CC(=O)NC(c1ccccc1)(c1ccccc1)c1ccccc1)C(=O)NCCc1ccc(O)c(O)c1. The lowest BCUT2D eigenvalue weighted by Gasteiger charge is -2.37. The second-order valence-electron chi connectivity index (χ2n) is 11.6. The van der Waals surface area contributed by atoms with E-state index in [1.165, 1.54) is 36.4 Å². The summed E-state index contributed by atoms with van der Waals surface area (Å²) in [6.07, 6.45) is 2.44. The molecule has 1 atom stereocenters. The van der Waals surface area contributed by atoms with Crippen molar-refractivity contribution in [3.63, 3.8) is 0 Å². The molecule has 3 amide bonds. The third kappa shape index (κ3) is 8.48. The number of carbonyl (C=O) groups excluding carboxylic acids is 3. The van der Waals surface area contributed by atoms with E-state index in [1.54, 1.807) is 6.07 Å². The Kier molecular flexibility index (Phi) is 11.1. The largest absolute Gasteiger partial charge is 0.504 e. The fraction of sp³-hybridized carbons (Fsp3) is 0.125. The average molecular weight is 672 g/mol. The first-order chi connectivity index (χ1) is 24.2. The van der Waals surface area contributed by atoms with Gasteiger partial charge in [-0.05, 0) is 64.6 Å². The average Bonchev–Trinajstić information content (AvgIpc) is 3.13. The first kappa shape index (κ1) is 34.8. The van der Waals surface area contributed by atoms with Crippen LogP contribution in [0.2, 0.25) is 0 Å². The molecule has 0 aliphatic heterocycles. The third-order valence-corrected chi connectivity index (χ3v) is 8.15. The highest BCUT2D eigenvalue weighted by Gasteiger charge is 2.38. The fourth-order valence-electron chi connectivity index (χ4n) is 5.65. The summed E-state index contributed by atoms with van der Waals surface area (Å²) in [6, 6.07) is 35.5. The zero-order chi connectivity index (χ0) is 35.5. The molecule has 0 unspecified atom stereocenters. The summed E-state index contributed by atoms with van der Waals surface area (Å²) in [4.78, 5) is 40.8. The van der Waals surface area contributed by atoms with Crippen molar-refractivity contribution in [2.75, 3.05) is 6.54 Å². The highest BCUT2D eigenvalue weighted by molar-refractivity contribution is 5.97. The minimum absolute atomic E-state index is 0.113. The quantitative estimate of drug-likeness (QED) is 0.0533. The van der Waals surface area contributed by atoms with Crippen molar-refractivity contribution in [2.24, 2.45) is 0 Å². The van der Waals surface area contributed by atoms with Crippen molar-refractivity contribution in [3.8, 4) is 23.0 Å². The lowest BCUT2D eigenvalue weighted by Crippen LogP contribution is -2.53. The van der Waals surface area contributed by atoms with Crippen LogP contribution in [0.15, 0.2) is 133 Å². The van der Waals surface area contributed by atoms with Crippen LogP contribution < -0.4 is 16.0 Å². The summed E-state index contributed by atoms with van der Waals surface area (Å²) in [5.41, 5.74) is 2.28. The van der Waals surface area contributed by atoms with Crippen molar-refractivity contribution in [1.29, 1.82) is 0 Å². The number of amides is 3. The van der Waals surface area contributed by atoms with Crippen LogP contribution in [0.4, 0.5) is 0 Å². The van der Waals surface area contributed by atoms with Crippen LogP contribution in [-0.4, -0.2) is 50.7 Å². The van der Waals surface area contributed by atoms with Crippen LogP contribution in [0, 0.1) is 0 Å². The number of phenols is 4. The number of hydrogen-bond donors (Lipinski definition) is 7. The molecule has 5 aromatic carbocycles. The number of benzene rings is 5. The third-order valence-electron chi connectivity index (χ3n) is 8.15. The smallest absolute Gasteiger partial charge is 0.244 e. The molecule has 5 aromatic rings. The van der Waals surface area contributed by atoms with Gasteiger partial charge in [0.25, 0.3) is 0 Å². The van der Waals surface area contributed by atoms with Crippen molar-refractivity contribution < 1.29 is 34.8 Å². The maximum absolute atomic E-state index is 14.1. The number of aromatic hydroxyl groups is 4. The van der Waals surface area contributed by atoms with Gasteiger partial charge in [0.2, 0.25) is 17.7 Å². The van der Waals surface area contributed by atoms with Gasteiger partial charge in [0.1, 0.15) is 11.6 Å². The Morgan fingerprint density at radius 1 is 0.640 bits per heavy atom. The summed E-state index contributed by atoms with van der Waals surface area (Å²) < 4.78 is 0. The van der Waals surface area contributed by atoms with E-state index in [2.05, 4.69) is 16.0 Å². The number of phenolic OH excluding ortho intramolecular Hbond substituents is 4. The Hall–Kier alpha value is -6.55. The molecule has 10 nitrogen and oxygen atoms in total. The van der Waals surface area contributed by atoms with Gasteiger partial charge >= 0.3 is 0 Å². The van der Waals surface area contributed by atoms with Gasteiger partial charge in [0.05, 0.1) is 6.42 Å². The molecule has 0 aromatic heterocycles. The Labute approximate surface area is 289 Å². The van der Waals surface area contributed by atoms with E-state index in [1.807, 2.05) is 91.0 Å². The van der Waals surface area contributed by atoms with Crippen molar-refractivity contribution in [1.82, 2.24) is 16.0 Å². The molecule has 0 fully saturated rings. The molecule has 0 aliphatic carbocycles. The molecular formula is C40H37N3O7. The molecule has 0 radical (unpaired) electrons. The minimum atomic E-state index is -1.30. The van der Waals surface area contributed by atoms with E-state index in [4.69, 9.17) is 0 Å². The van der Waals surface area contributed by atoms with Gasteiger partial charge in [0, 0.05) is 12.6 Å². The second kappa shape index (κ2) is 16.0. The van der Waals surface area contributed by atoms with Crippen LogP contribution in [0.5, 0.6) is 23.0 Å². The van der Waals surface area contributed by atoms with Crippen molar-refractivity contribution in [2.45, 2.75) is 24.4 Å². The zero-order valence-corrected chi connectivity index (χ0v) is 27.0. The molecule has 7 N–H and O–H groups in total. The normalized spacial score (nSPS) is 11.8. The summed E-state index contributed by atoms with van der Waals surface area (Å²) in [6.45, 7) is 0.113. The second-order valence-corrected chi connectivity index (χ2v) is 11.6. The molecule has 50 heavy (non-hydrogen) atoms. The standard InChI is InChI=1S/C40H37N3O7/c44-33-19-16-27(24-35(33)46)18-21-37(48)42-32(39(50)41-23-22-28-17-20-34(45)36(47)25-28)26-38(49)43-40(29-10-4-1-5-11-29,30-12-6-2-7-13-30)31-14-8-3-9-15-31/h1-21,24-25,32,44-47H,22-23,26H2,(H,41,50)(H,42,48)(H,43,49)/b21-18+/t32-/m0/s1. The monoisotopic (exact) mass is 671 g/mol. The molecule has 0 aliphatic rings. The molecule has 0 saturated carbocycles. The lowest BCUT2D eigenvalue weighted by molar-refractivity contribution is -0.131. The zero-order valence-electron chi connectivity index (χ0n) is 27.0. The van der Waals surface area contributed by atoms with Crippen LogP contribution >= 0.6 is 0 Å². The first-order valence-electron chi connectivity index (χ1n) is 15.9. The van der Waals surface area contributed by atoms with Crippen molar-refractivity contribution in [3.05, 3.63) is 161 Å². The summed E-state index contributed by atoms with van der Waals surface area (Å²) >= 11 is 0. The van der Waals surface area contributed by atoms with E-state index in [9.17, 15) is 34.8 Å². The summed E-state index contributed by atoms with van der Waals surface area (Å²) in [5.74, 6) is -3.02. The van der Waals surface area contributed by atoms with Gasteiger partial charge in [-0.2, -0.15) is 0 Å². The van der Waals surface area contributed by atoms with Crippen LogP contribution in [0.25, 0.3) is 6.08 Å². The number of hydrogen-bond acceptors (Lipinski definition) is 7. The maximum atomic E-state index is 14.1. The van der Waals surface area contributed by atoms with Gasteiger partial charge in [-0.25, -0.2) is 0 Å². The maximum Gasteiger partial charge on any atom is 0.244 e. The van der Waals surface area contributed by atoms with E-state index in [-0.39, 0.29) is 29.5 Å². The molecule has 0 saturated heterocycles. The fourth-order valence-corrected chi connectivity index (χ4v) is 5.65. The van der Waals surface area contributed by atoms with E-state index in [0.29, 0.717) is 17.5 Å². The topological polar surface area (TPSA) is 168 Å². The van der Waals surface area contributed by atoms with Gasteiger partial charge in [-0.1, -0.05) is 103 Å². The van der Waals surface area contributed by atoms with Gasteiger partial charge < -0.3 is 36.4 Å². The van der Waals surface area contributed by atoms with Crippen LogP contribution in [-0.2, 0) is 26.3 Å². The predicted octanol–water partition coefficient (Wildman–Crippen LogP) is 4.86. The molecule has 0 spiro atoms. The summed E-state index contributed by atoms with van der Waals surface area (Å²) in [5, 5.41) is 47.4. The van der Waals surface area contributed by atoms with Gasteiger partial charge in [0.15, 0.2) is 23.0 Å². The molecule has 5 rings (SSSR count). The highest BCUT2D eigenvalue weighted by atomic mass is 16.3. The van der Waals surface area contributed by atoms with Gasteiger partial charge in [-0.3, -0.25) is 14.4 Å². The Morgan fingerprint density at radius 3 is 1.68 bits per heavy atom. The Bertz CT molecular complexity index is 1870. The van der Waals surface area contributed by atoms with Crippen LogP contribution in [0.1, 0.15) is 34.2 Å². The van der Waals surface area contributed by atoms with E-state index in [0.717, 1.165) is 22.8 Å². The lowest BCUT2D eigenvalue weighted by atomic mass is 9.77. The van der Waals surface area contributed by atoms with E-state index >= 15 is 0 Å². The van der Waals surface area contributed by atoms with Crippen molar-refractivity contribution >= 4 is 23.8 Å². The Morgan fingerprint density at radius 2 is 1.16 bits per heavy atom. The molecule has 0 heterocycles. The van der Waals surface area contributed by atoms with Gasteiger partial charge in [-0.15, -0.1) is 0 Å². The Balaban J connectivity index is 1.42. The molecule has 10 heteroatoms. The highest BCUT2D eigenvalue weighted by Crippen LogP contribution is 2.37. The van der Waals surface area contributed by atoms with Crippen LogP contribution in [0.3, 0.4) is 0 Å². The molecule has 254 valence electrons. The van der Waals surface area contributed by atoms with E-state index < -0.39 is 35.7 Å². The number of rotatable bonds is 13. The molecular weight excluding hydrogens is 634 g/mol. The molecule has 0 bridgehead atoms. The number of nitrogens with one attached hydrogen (secondary N) is 3.